The van der Waals surface area contributed by atoms with Gasteiger partial charge in [0.25, 0.3) is 0 Å². The fourth-order valence-electron chi connectivity index (χ4n) is 10.1. The molecular formula is C59H39NO. The second kappa shape index (κ2) is 14.1. The third-order valence-electron chi connectivity index (χ3n) is 12.8. The van der Waals surface area contributed by atoms with E-state index in [1.807, 2.05) is 0 Å². The summed E-state index contributed by atoms with van der Waals surface area (Å²) in [5.41, 5.74) is 16.5. The van der Waals surface area contributed by atoms with E-state index in [0.29, 0.717) is 0 Å². The quantitative estimate of drug-likeness (QED) is 0.160. The molecule has 2 heteroatoms. The van der Waals surface area contributed by atoms with E-state index in [-0.39, 0.29) is 0 Å². The van der Waals surface area contributed by atoms with Crippen LogP contribution in [0.25, 0.3) is 66.1 Å². The van der Waals surface area contributed by atoms with E-state index in [2.05, 4.69) is 241 Å². The number of furan rings is 1. The maximum Gasteiger partial charge on any atom is 0.145 e. The lowest BCUT2D eigenvalue weighted by molar-refractivity contribution is 0.670. The Morgan fingerprint density at radius 2 is 0.934 bits per heavy atom. The van der Waals surface area contributed by atoms with Crippen molar-refractivity contribution in [3.05, 3.63) is 259 Å². The number of benzene rings is 10. The molecule has 0 bridgehead atoms. The van der Waals surface area contributed by atoms with Crippen molar-refractivity contribution in [2.75, 3.05) is 4.90 Å². The fourth-order valence-corrected chi connectivity index (χ4v) is 10.1. The molecule has 0 saturated carbocycles. The monoisotopic (exact) mass is 777 g/mol. The topological polar surface area (TPSA) is 16.4 Å². The molecule has 0 atom stereocenters. The van der Waals surface area contributed by atoms with Crippen LogP contribution in [0.15, 0.2) is 241 Å². The lowest BCUT2D eigenvalue weighted by Gasteiger charge is -2.35. The molecule has 286 valence electrons. The van der Waals surface area contributed by atoms with Crippen molar-refractivity contribution in [2.24, 2.45) is 0 Å². The first kappa shape index (κ1) is 35.0. The normalized spacial score (nSPS) is 12.7. The summed E-state index contributed by atoms with van der Waals surface area (Å²) >= 11 is 0. The average Bonchev–Trinajstić information content (AvgIpc) is 3.87. The van der Waals surface area contributed by atoms with Gasteiger partial charge in [0.15, 0.2) is 0 Å². The molecule has 0 N–H and O–H groups in total. The molecular weight excluding hydrogens is 739 g/mol. The van der Waals surface area contributed by atoms with Gasteiger partial charge in [-0.1, -0.05) is 194 Å². The molecule has 0 unspecified atom stereocenters. The highest BCUT2D eigenvalue weighted by molar-refractivity contribution is 6.17. The van der Waals surface area contributed by atoms with Crippen LogP contribution in [0, 0.1) is 0 Å². The van der Waals surface area contributed by atoms with Gasteiger partial charge in [-0.15, -0.1) is 0 Å². The Labute approximate surface area is 355 Å². The highest BCUT2D eigenvalue weighted by atomic mass is 16.3. The van der Waals surface area contributed by atoms with Crippen LogP contribution in [0.5, 0.6) is 0 Å². The molecule has 61 heavy (non-hydrogen) atoms. The van der Waals surface area contributed by atoms with Gasteiger partial charge in [-0.3, -0.25) is 0 Å². The minimum atomic E-state index is -0.539. The molecule has 1 aromatic heterocycles. The van der Waals surface area contributed by atoms with Crippen LogP contribution < -0.4 is 4.90 Å². The summed E-state index contributed by atoms with van der Waals surface area (Å²) in [6.07, 6.45) is 0. The first-order chi connectivity index (χ1) is 30.3. The summed E-state index contributed by atoms with van der Waals surface area (Å²) in [4.78, 5) is 2.43. The number of nitrogens with zero attached hydrogens (tertiary/aromatic N) is 1. The van der Waals surface area contributed by atoms with Crippen molar-refractivity contribution in [3.63, 3.8) is 0 Å². The summed E-state index contributed by atoms with van der Waals surface area (Å²) < 4.78 is 6.85. The molecule has 1 heterocycles. The Hall–Kier alpha value is -7.94. The second-order valence-electron chi connectivity index (χ2n) is 16.0. The number of anilines is 3. The molecule has 0 amide bonds. The van der Waals surface area contributed by atoms with Gasteiger partial charge in [-0.05, 0) is 103 Å². The molecule has 0 saturated heterocycles. The summed E-state index contributed by atoms with van der Waals surface area (Å²) in [6, 6.07) is 86.0. The van der Waals surface area contributed by atoms with Crippen molar-refractivity contribution < 1.29 is 4.42 Å². The van der Waals surface area contributed by atoms with Gasteiger partial charge in [-0.2, -0.15) is 0 Å². The largest absolute Gasteiger partial charge is 0.455 e. The number of hydrogen-bond donors (Lipinski definition) is 0. The van der Waals surface area contributed by atoms with Gasteiger partial charge >= 0.3 is 0 Å². The molecule has 10 aromatic carbocycles. The first-order valence-electron chi connectivity index (χ1n) is 21.0. The second-order valence-corrected chi connectivity index (χ2v) is 16.0. The molecule has 1 aliphatic carbocycles. The highest BCUT2D eigenvalue weighted by Crippen LogP contribution is 2.57. The van der Waals surface area contributed by atoms with Crippen LogP contribution in [0.4, 0.5) is 17.1 Å². The zero-order valence-electron chi connectivity index (χ0n) is 33.4. The van der Waals surface area contributed by atoms with Crippen molar-refractivity contribution in [1.29, 1.82) is 0 Å². The Bertz CT molecular complexity index is 3370. The van der Waals surface area contributed by atoms with Crippen molar-refractivity contribution in [2.45, 2.75) is 5.41 Å². The summed E-state index contributed by atoms with van der Waals surface area (Å²) in [5, 5.41) is 4.64. The number of fused-ring (bicyclic) bond motifs is 7. The zero-order chi connectivity index (χ0) is 40.3. The fraction of sp³-hybridized carbons (Fsp3) is 0.0169. The molecule has 11 aromatic rings. The van der Waals surface area contributed by atoms with E-state index in [9.17, 15) is 0 Å². The van der Waals surface area contributed by atoms with Crippen LogP contribution in [0.1, 0.15) is 22.3 Å². The molecule has 0 fully saturated rings. The summed E-state index contributed by atoms with van der Waals surface area (Å²) in [6.45, 7) is 0. The number of para-hydroxylation sites is 1. The highest BCUT2D eigenvalue weighted by Gasteiger charge is 2.46. The van der Waals surface area contributed by atoms with E-state index in [0.717, 1.165) is 50.1 Å². The van der Waals surface area contributed by atoms with Gasteiger partial charge < -0.3 is 9.32 Å². The molecule has 2 nitrogen and oxygen atoms in total. The summed E-state index contributed by atoms with van der Waals surface area (Å²) in [5.74, 6) is 0. The van der Waals surface area contributed by atoms with Crippen LogP contribution in [-0.2, 0) is 5.41 Å². The first-order valence-corrected chi connectivity index (χ1v) is 21.0. The van der Waals surface area contributed by atoms with Crippen LogP contribution in [0.2, 0.25) is 0 Å². The van der Waals surface area contributed by atoms with Crippen LogP contribution in [-0.4, -0.2) is 0 Å². The Kier molecular flexibility index (Phi) is 8.11. The molecule has 0 aliphatic heterocycles. The summed E-state index contributed by atoms with van der Waals surface area (Å²) in [7, 11) is 0. The number of rotatable bonds is 7. The number of hydrogen-bond acceptors (Lipinski definition) is 2. The lowest BCUT2D eigenvalue weighted by atomic mass is 9.67. The van der Waals surface area contributed by atoms with E-state index < -0.39 is 5.41 Å². The van der Waals surface area contributed by atoms with Crippen molar-refractivity contribution in [1.82, 2.24) is 0 Å². The van der Waals surface area contributed by atoms with E-state index in [1.165, 1.54) is 55.3 Å². The minimum Gasteiger partial charge on any atom is -0.455 e. The van der Waals surface area contributed by atoms with Gasteiger partial charge in [0, 0.05) is 22.3 Å². The van der Waals surface area contributed by atoms with E-state index in [4.69, 9.17) is 4.42 Å². The zero-order valence-corrected chi connectivity index (χ0v) is 33.4. The maximum absolute atomic E-state index is 6.85. The predicted molar refractivity (Wildman–Crippen MR) is 254 cm³/mol. The standard InChI is InChI=1S/C59H39NO/c1-3-17-41(18-4-1)49-37-38-55(57-52-28-11-14-32-56(52)61-58(49)57)60(45-35-33-42(34-36-45)48-29-15-20-40-19-7-8-25-47(40)48)46-24-16-23-44(39-46)59(43-21-5-2-6-22-43)53-30-12-9-26-50(53)51-27-10-13-31-54(51)59/h1-39H. The third-order valence-corrected chi connectivity index (χ3v) is 12.8. The Balaban J connectivity index is 1.12. The molecule has 12 rings (SSSR count). The Morgan fingerprint density at radius 1 is 0.361 bits per heavy atom. The third kappa shape index (κ3) is 5.43. The molecule has 0 radical (unpaired) electrons. The van der Waals surface area contributed by atoms with Gasteiger partial charge in [0.2, 0.25) is 0 Å². The van der Waals surface area contributed by atoms with Crippen molar-refractivity contribution >= 4 is 49.8 Å². The molecule has 1 aliphatic rings. The Morgan fingerprint density at radius 3 is 1.70 bits per heavy atom. The van der Waals surface area contributed by atoms with Crippen molar-refractivity contribution in [3.8, 4) is 33.4 Å². The van der Waals surface area contributed by atoms with Gasteiger partial charge in [-0.25, -0.2) is 0 Å². The van der Waals surface area contributed by atoms with E-state index >= 15 is 0 Å². The SMILES string of the molecule is c1ccc(-c2ccc(N(c3ccc(-c4cccc5ccccc45)cc3)c3cccc(C4(c5ccccc5)c5ccccc5-c5ccccc54)c3)c3c2oc2ccccc23)cc1. The van der Waals surface area contributed by atoms with Crippen LogP contribution in [0.3, 0.4) is 0 Å². The minimum absolute atomic E-state index is 0.539. The smallest absolute Gasteiger partial charge is 0.145 e. The maximum atomic E-state index is 6.85. The van der Waals surface area contributed by atoms with Crippen LogP contribution >= 0.6 is 0 Å². The lowest BCUT2D eigenvalue weighted by Crippen LogP contribution is -2.28. The average molecular weight is 778 g/mol. The predicted octanol–water partition coefficient (Wildman–Crippen LogP) is 15.9. The molecule has 0 spiro atoms. The van der Waals surface area contributed by atoms with E-state index in [1.54, 1.807) is 0 Å². The van der Waals surface area contributed by atoms with Gasteiger partial charge in [0.05, 0.1) is 16.5 Å². The van der Waals surface area contributed by atoms with Gasteiger partial charge in [0.1, 0.15) is 11.2 Å².